The van der Waals surface area contributed by atoms with Crippen molar-refractivity contribution < 1.29 is 45.0 Å². The average molecular weight is 467 g/mol. The van der Waals surface area contributed by atoms with Gasteiger partial charge in [-0.1, -0.05) is 13.2 Å². The Morgan fingerprint density at radius 2 is 1.10 bits per heavy atom. The maximum absolute atomic E-state index is 10.7. The fourth-order valence-electron chi connectivity index (χ4n) is 1.71. The van der Waals surface area contributed by atoms with E-state index in [-0.39, 0.29) is 35.9 Å². The van der Waals surface area contributed by atoms with Gasteiger partial charge in [0.05, 0.1) is 32.4 Å². The zero-order valence-corrected chi connectivity index (χ0v) is 19.6. The van der Waals surface area contributed by atoms with Gasteiger partial charge in [-0.15, -0.1) is 0 Å². The van der Waals surface area contributed by atoms with Gasteiger partial charge in [-0.2, -0.15) is 0 Å². The van der Waals surface area contributed by atoms with Gasteiger partial charge in [-0.05, 0) is 39.5 Å². The molecule has 29 heavy (non-hydrogen) atoms. The minimum atomic E-state index is -4.16. The number of esters is 2. The van der Waals surface area contributed by atoms with Crippen molar-refractivity contribution in [1.82, 2.24) is 0 Å². The van der Waals surface area contributed by atoms with Crippen LogP contribution in [0.5, 0.6) is 0 Å². The SMILES string of the molecule is C=CC(=O)OC(C)CCCS(=O)(=O)[O-].C=CC(=O)OC(C)CCCS(=O)(=O)[O-].[Mg+2]. The molecule has 0 aliphatic carbocycles. The van der Waals surface area contributed by atoms with Gasteiger partial charge in [0.25, 0.3) is 0 Å². The summed E-state index contributed by atoms with van der Waals surface area (Å²) in [5.74, 6) is -1.96. The van der Waals surface area contributed by atoms with Crippen LogP contribution >= 0.6 is 0 Å². The van der Waals surface area contributed by atoms with E-state index in [0.717, 1.165) is 12.2 Å². The van der Waals surface area contributed by atoms with E-state index in [1.165, 1.54) is 0 Å². The third kappa shape index (κ3) is 27.0. The number of hydrogen-bond donors (Lipinski definition) is 0. The molecule has 2 unspecified atom stereocenters. The molecule has 0 radical (unpaired) electrons. The number of carbonyl (C=O) groups excluding carboxylic acids is 2. The summed E-state index contributed by atoms with van der Waals surface area (Å²) < 4.78 is 70.8. The molecule has 10 nitrogen and oxygen atoms in total. The van der Waals surface area contributed by atoms with Crippen molar-refractivity contribution in [3.05, 3.63) is 25.3 Å². The van der Waals surface area contributed by atoms with Crippen LogP contribution in [0.4, 0.5) is 0 Å². The van der Waals surface area contributed by atoms with Crippen molar-refractivity contribution in [2.24, 2.45) is 0 Å². The molecule has 0 amide bonds. The summed E-state index contributed by atoms with van der Waals surface area (Å²) >= 11 is 0. The average Bonchev–Trinajstić information content (AvgIpc) is 2.52. The molecule has 0 bridgehead atoms. The normalized spacial score (nSPS) is 12.8. The van der Waals surface area contributed by atoms with Crippen LogP contribution in [0.1, 0.15) is 39.5 Å². The molecule has 0 heterocycles. The molecule has 13 heteroatoms. The van der Waals surface area contributed by atoms with Crippen LogP contribution in [-0.4, -0.2) is 84.6 Å². The fourth-order valence-corrected chi connectivity index (χ4v) is 2.75. The largest absolute Gasteiger partial charge is 2.00 e. The van der Waals surface area contributed by atoms with Crippen molar-refractivity contribution in [2.75, 3.05) is 11.5 Å². The second kappa shape index (κ2) is 16.8. The molecule has 0 aliphatic rings. The zero-order valence-electron chi connectivity index (χ0n) is 16.6. The Hall–Kier alpha value is -0.994. The first kappa shape index (κ1) is 32.7. The van der Waals surface area contributed by atoms with Crippen LogP contribution < -0.4 is 0 Å². The topological polar surface area (TPSA) is 167 Å². The third-order valence-electron chi connectivity index (χ3n) is 2.98. The zero-order chi connectivity index (χ0) is 22.4. The first-order valence-corrected chi connectivity index (χ1v) is 11.4. The van der Waals surface area contributed by atoms with Crippen molar-refractivity contribution in [2.45, 2.75) is 51.7 Å². The maximum Gasteiger partial charge on any atom is 2.00 e. The molecule has 164 valence electrons. The summed E-state index contributed by atoms with van der Waals surface area (Å²) in [6.45, 7) is 9.67. The number of ether oxygens (including phenoxy) is 2. The van der Waals surface area contributed by atoms with E-state index in [1.807, 2.05) is 0 Å². The molecule has 0 rings (SSSR count). The predicted octanol–water partition coefficient (Wildman–Crippen LogP) is 0.478. The van der Waals surface area contributed by atoms with Crippen molar-refractivity contribution in [3.8, 4) is 0 Å². The summed E-state index contributed by atoms with van der Waals surface area (Å²) in [4.78, 5) is 21.3. The van der Waals surface area contributed by atoms with E-state index in [2.05, 4.69) is 13.2 Å². The van der Waals surface area contributed by atoms with Crippen LogP contribution in [0.3, 0.4) is 0 Å². The maximum atomic E-state index is 10.7. The van der Waals surface area contributed by atoms with Gasteiger partial charge in [0.2, 0.25) is 0 Å². The fraction of sp³-hybridized carbons (Fsp3) is 0.625. The molecular weight excluding hydrogens is 441 g/mol. The molecule has 0 saturated heterocycles. The second-order valence-electron chi connectivity index (χ2n) is 5.71. The van der Waals surface area contributed by atoms with Gasteiger partial charge >= 0.3 is 35.0 Å². The van der Waals surface area contributed by atoms with E-state index in [0.29, 0.717) is 12.8 Å². The van der Waals surface area contributed by atoms with Crippen LogP contribution in [-0.2, 0) is 39.3 Å². The summed E-state index contributed by atoms with van der Waals surface area (Å²) in [6.07, 6.45) is 2.34. The van der Waals surface area contributed by atoms with Gasteiger partial charge in [-0.25, -0.2) is 26.4 Å². The molecule has 2 atom stereocenters. The number of carbonyl (C=O) groups is 2. The number of rotatable bonds is 12. The molecule has 0 saturated carbocycles. The van der Waals surface area contributed by atoms with Gasteiger partial charge in [0.15, 0.2) is 0 Å². The quantitative estimate of drug-likeness (QED) is 0.171. The minimum Gasteiger partial charge on any atom is -0.748 e. The molecule has 0 aromatic rings. The third-order valence-corrected chi connectivity index (χ3v) is 4.56. The smallest absolute Gasteiger partial charge is 0.748 e. The molecule has 0 aromatic heterocycles. The van der Waals surface area contributed by atoms with Gasteiger partial charge in [0, 0.05) is 23.7 Å². The standard InChI is InChI=1S/2C8H14O5S.Mg/c2*1-3-8(9)13-7(2)5-4-6-14(10,11)12;/h2*3,7H,1,4-6H2,2H3,(H,10,11,12);/q;;+2/p-2. The Labute approximate surface area is 188 Å². The van der Waals surface area contributed by atoms with Crippen LogP contribution in [0.2, 0.25) is 0 Å². The Bertz CT molecular complexity index is 654. The van der Waals surface area contributed by atoms with E-state index < -0.39 is 55.9 Å². The predicted molar refractivity (Wildman–Crippen MR) is 105 cm³/mol. The van der Waals surface area contributed by atoms with E-state index in [9.17, 15) is 35.5 Å². The summed E-state index contributed by atoms with van der Waals surface area (Å²) in [5.41, 5.74) is 0. The van der Waals surface area contributed by atoms with Crippen molar-refractivity contribution in [1.29, 1.82) is 0 Å². The summed E-state index contributed by atoms with van der Waals surface area (Å²) in [7, 11) is -8.33. The monoisotopic (exact) mass is 466 g/mol. The van der Waals surface area contributed by atoms with Gasteiger partial charge in [-0.3, -0.25) is 0 Å². The number of hydrogen-bond acceptors (Lipinski definition) is 10. The van der Waals surface area contributed by atoms with E-state index in [4.69, 9.17) is 9.47 Å². The van der Waals surface area contributed by atoms with E-state index in [1.54, 1.807) is 13.8 Å². The van der Waals surface area contributed by atoms with Crippen LogP contribution in [0.15, 0.2) is 25.3 Å². The Morgan fingerprint density at radius 3 is 1.31 bits per heavy atom. The molecular formula is C16H26MgO10S2. The summed E-state index contributed by atoms with van der Waals surface area (Å²) in [6, 6.07) is 0. The Morgan fingerprint density at radius 1 is 0.828 bits per heavy atom. The van der Waals surface area contributed by atoms with Crippen LogP contribution in [0, 0.1) is 0 Å². The minimum absolute atomic E-state index is 0. The second-order valence-corrected chi connectivity index (χ2v) is 8.76. The van der Waals surface area contributed by atoms with Gasteiger partial charge in [0.1, 0.15) is 0 Å². The molecule has 0 aliphatic heterocycles. The molecule has 0 aromatic carbocycles. The van der Waals surface area contributed by atoms with Gasteiger partial charge < -0.3 is 18.6 Å². The van der Waals surface area contributed by atoms with Crippen molar-refractivity contribution >= 4 is 55.2 Å². The van der Waals surface area contributed by atoms with Crippen molar-refractivity contribution in [3.63, 3.8) is 0 Å². The van der Waals surface area contributed by atoms with E-state index >= 15 is 0 Å². The first-order chi connectivity index (χ1) is 12.7. The Balaban J connectivity index is -0.000000451. The Kier molecular flexibility index (Phi) is 18.9. The summed E-state index contributed by atoms with van der Waals surface area (Å²) in [5, 5.41) is 0. The molecule has 0 fully saturated rings. The van der Waals surface area contributed by atoms with Crippen LogP contribution in [0.25, 0.3) is 0 Å². The first-order valence-electron chi connectivity index (χ1n) is 8.23. The molecule has 0 N–H and O–H groups in total. The molecule has 0 spiro atoms.